The number of hydrogen-bond acceptors (Lipinski definition) is 0. The van der Waals surface area contributed by atoms with Crippen LogP contribution in [-0.4, -0.2) is 16.1 Å². The van der Waals surface area contributed by atoms with Crippen LogP contribution in [0.1, 0.15) is 80.5 Å². The molecule has 2 heteroatoms. The maximum absolute atomic E-state index is 2.64. The molecule has 0 saturated carbocycles. The molecule has 4 aliphatic rings. The van der Waals surface area contributed by atoms with Gasteiger partial charge in [0, 0.05) is 11.1 Å². The minimum Gasteiger partial charge on any atom is -0.0791 e. The highest BCUT2D eigenvalue weighted by Crippen LogP contribution is 2.56. The van der Waals surface area contributed by atoms with Crippen molar-refractivity contribution in [1.29, 1.82) is 0 Å². The molecule has 84 heavy (non-hydrogen) atoms. The summed E-state index contributed by atoms with van der Waals surface area (Å²) in [5.74, 6) is 0. The molecule has 0 fully saturated rings. The molecule has 12 aromatic rings. The van der Waals surface area contributed by atoms with Crippen LogP contribution in [0, 0.1) is 0 Å². The van der Waals surface area contributed by atoms with Gasteiger partial charge in [0.05, 0.1) is 16.1 Å². The Morgan fingerprint density at radius 2 is 0.512 bits per heavy atom. The smallest absolute Gasteiger partial charge is 0.0722 e. The monoisotopic (exact) mass is 1110 g/mol. The molecule has 16 rings (SSSR count). The van der Waals surface area contributed by atoms with Crippen LogP contribution in [0.2, 0.25) is 26.2 Å². The van der Waals surface area contributed by atoms with Crippen LogP contribution in [0.5, 0.6) is 0 Å². The van der Waals surface area contributed by atoms with Gasteiger partial charge in [-0.3, -0.25) is 0 Å². The van der Waals surface area contributed by atoms with Crippen LogP contribution < -0.4 is 0 Å². The maximum Gasteiger partial charge on any atom is 0.0722 e. The zero-order valence-electron chi connectivity index (χ0n) is 48.9. The lowest BCUT2D eigenvalue weighted by atomic mass is 9.93. The average molecular weight is 1110 g/mol. The van der Waals surface area contributed by atoms with Crippen molar-refractivity contribution >= 4 is 83.5 Å². The summed E-state index contributed by atoms with van der Waals surface area (Å²) in [6.07, 6.45) is 14.9. The van der Waals surface area contributed by atoms with Crippen molar-refractivity contribution in [2.45, 2.75) is 62.2 Å². The van der Waals surface area contributed by atoms with Crippen molar-refractivity contribution in [1.82, 2.24) is 0 Å². The van der Waals surface area contributed by atoms with Gasteiger partial charge in [0.2, 0.25) is 0 Å². The number of fused-ring (bicyclic) bond motifs is 8. The average Bonchev–Trinajstić information content (AvgIpc) is 2.80. The molecule has 0 amide bonds. The third-order valence-electron chi connectivity index (χ3n) is 19.8. The van der Waals surface area contributed by atoms with Gasteiger partial charge < -0.3 is 0 Å². The van der Waals surface area contributed by atoms with E-state index >= 15 is 0 Å². The van der Waals surface area contributed by atoms with Gasteiger partial charge in [0.1, 0.15) is 0 Å². The fourth-order valence-corrected chi connectivity index (χ4v) is 24.8. The topological polar surface area (TPSA) is 0 Å². The molecule has 0 spiro atoms. The van der Waals surface area contributed by atoms with Crippen LogP contribution in [0.4, 0.5) is 0 Å². The van der Waals surface area contributed by atoms with Crippen molar-refractivity contribution in [2.75, 3.05) is 0 Å². The molecule has 4 atom stereocenters. The first kappa shape index (κ1) is 51.9. The van der Waals surface area contributed by atoms with Crippen LogP contribution in [0.25, 0.3) is 112 Å². The first-order valence-electron chi connectivity index (χ1n) is 30.2. The fraction of sp³-hybridized carbons (Fsp3) is 0.122. The van der Waals surface area contributed by atoms with Gasteiger partial charge >= 0.3 is 0 Å². The number of rotatable bonds is 8. The largest absolute Gasteiger partial charge is 0.0791 e. The normalized spacial score (nSPS) is 17.5. The molecular formula is C82H68Si2. The van der Waals surface area contributed by atoms with Gasteiger partial charge in [0.25, 0.3) is 0 Å². The Balaban J connectivity index is 0.000000143. The van der Waals surface area contributed by atoms with Crippen molar-refractivity contribution in [3.05, 3.63) is 310 Å². The Morgan fingerprint density at radius 1 is 0.250 bits per heavy atom. The summed E-state index contributed by atoms with van der Waals surface area (Å²) in [6.45, 7) is 15.2. The molecular weight excluding hydrogens is 1040 g/mol. The molecule has 0 bridgehead atoms. The van der Waals surface area contributed by atoms with E-state index in [0.29, 0.717) is 22.2 Å². The van der Waals surface area contributed by atoms with Gasteiger partial charge in [-0.1, -0.05) is 316 Å². The lowest BCUT2D eigenvalue weighted by molar-refractivity contribution is 0.969. The van der Waals surface area contributed by atoms with Crippen LogP contribution in [0.3, 0.4) is 0 Å². The van der Waals surface area contributed by atoms with E-state index < -0.39 is 16.1 Å². The van der Waals surface area contributed by atoms with Crippen LogP contribution in [-0.2, 0) is 0 Å². The first-order chi connectivity index (χ1) is 41.0. The molecule has 0 heterocycles. The van der Waals surface area contributed by atoms with E-state index in [9.17, 15) is 0 Å². The standard InChI is InChI=1S/C42H36Si.C40H32Si/c1-27-25-39-35(33-19-9-15-29-13-5-7-17-31(29)33)21-11-23-37(39)41(27)43(3,4)42-28(2)26-40-36(22-12-24-38(40)42)34-20-10-16-30-14-6-8-18-32(30)34;1-41(2,39-25-23-35-33(19-9-21-37(35)39)31-17-7-13-27-11-3-5-15-29(27)31)40-26-24-36-34(20-10-22-38(36)40)32-18-8-14-28-12-4-6-16-30(28)32/h5-26,41-42H,1-4H3;3-26,39-40H,1-2H3. The Morgan fingerprint density at radius 3 is 0.845 bits per heavy atom. The van der Waals surface area contributed by atoms with Crippen molar-refractivity contribution in [3.63, 3.8) is 0 Å². The molecule has 0 saturated heterocycles. The third-order valence-corrected chi connectivity index (χ3v) is 28.5. The third kappa shape index (κ3) is 8.36. The lowest BCUT2D eigenvalue weighted by Gasteiger charge is -2.39. The van der Waals surface area contributed by atoms with E-state index in [1.807, 2.05) is 0 Å². The Bertz CT molecular complexity index is 4470. The second-order valence-corrected chi connectivity index (χ2v) is 35.0. The molecule has 4 aliphatic carbocycles. The summed E-state index contributed by atoms with van der Waals surface area (Å²) in [7, 11) is -3.83. The maximum atomic E-state index is 2.64. The minimum atomic E-state index is -1.96. The zero-order chi connectivity index (χ0) is 56.8. The lowest BCUT2D eigenvalue weighted by Crippen LogP contribution is -2.42. The van der Waals surface area contributed by atoms with E-state index in [1.165, 1.54) is 143 Å². The van der Waals surface area contributed by atoms with Crippen LogP contribution >= 0.6 is 0 Å². The summed E-state index contributed by atoms with van der Waals surface area (Å²) in [6, 6.07) is 89.9. The number of benzene rings is 12. The van der Waals surface area contributed by atoms with Crippen molar-refractivity contribution in [3.8, 4) is 44.5 Å². The molecule has 404 valence electrons. The predicted molar refractivity (Wildman–Crippen MR) is 369 cm³/mol. The van der Waals surface area contributed by atoms with E-state index in [4.69, 9.17) is 0 Å². The van der Waals surface area contributed by atoms with Crippen molar-refractivity contribution < 1.29 is 0 Å². The predicted octanol–water partition coefficient (Wildman–Crippen LogP) is 22.8. The Kier molecular flexibility index (Phi) is 12.6. The molecule has 0 N–H and O–H groups in total. The highest BCUT2D eigenvalue weighted by molar-refractivity contribution is 6.82. The van der Waals surface area contributed by atoms with Crippen molar-refractivity contribution in [2.24, 2.45) is 0 Å². The zero-order valence-corrected chi connectivity index (χ0v) is 50.9. The molecule has 0 aliphatic heterocycles. The summed E-state index contributed by atoms with van der Waals surface area (Å²) in [5, 5.41) is 10.5. The number of allylic oxidation sites excluding steroid dienone is 4. The fourth-order valence-electron chi connectivity index (χ4n) is 16.2. The summed E-state index contributed by atoms with van der Waals surface area (Å²) in [5.41, 5.74) is 27.4. The molecule has 4 unspecified atom stereocenters. The summed E-state index contributed by atoms with van der Waals surface area (Å²) >= 11 is 0. The molecule has 12 aromatic carbocycles. The summed E-state index contributed by atoms with van der Waals surface area (Å²) < 4.78 is 0. The van der Waals surface area contributed by atoms with Gasteiger partial charge in [-0.05, 0) is 157 Å². The minimum absolute atomic E-state index is 0.467. The highest BCUT2D eigenvalue weighted by atomic mass is 28.3. The number of hydrogen-bond donors (Lipinski definition) is 0. The Hall–Kier alpha value is -8.93. The quantitative estimate of drug-likeness (QED) is 0.133. The van der Waals surface area contributed by atoms with E-state index in [1.54, 1.807) is 0 Å². The Labute approximate surface area is 497 Å². The highest BCUT2D eigenvalue weighted by Gasteiger charge is 2.48. The molecule has 0 radical (unpaired) electrons. The van der Waals surface area contributed by atoms with E-state index in [-0.39, 0.29) is 0 Å². The van der Waals surface area contributed by atoms with Crippen LogP contribution in [0.15, 0.2) is 266 Å². The van der Waals surface area contributed by atoms with Gasteiger partial charge in [-0.2, -0.15) is 0 Å². The molecule has 0 nitrogen and oxygen atoms in total. The first-order valence-corrected chi connectivity index (χ1v) is 36.5. The second-order valence-electron chi connectivity index (χ2n) is 25.3. The van der Waals surface area contributed by atoms with Gasteiger partial charge in [-0.15, -0.1) is 0 Å². The van der Waals surface area contributed by atoms with Gasteiger partial charge in [0.15, 0.2) is 0 Å². The van der Waals surface area contributed by atoms with E-state index in [2.05, 4.69) is 319 Å². The second kappa shape index (κ2) is 20.5. The SMILES string of the molecule is CC1=Cc2c(-c3cccc4ccccc34)cccc2C1[Si](C)(C)C1C(C)=Cc2c(-c3cccc4ccccc34)cccc21.C[Si](C)(C1C=Cc2c(-c3cccc4ccccc34)cccc21)C1C=Cc2c(-c3cccc4ccccc34)cccc21. The summed E-state index contributed by atoms with van der Waals surface area (Å²) in [4.78, 5) is 0. The van der Waals surface area contributed by atoms with Gasteiger partial charge in [-0.25, -0.2) is 0 Å². The molecule has 0 aromatic heterocycles. The van der Waals surface area contributed by atoms with E-state index in [0.717, 1.165) is 0 Å².